The Morgan fingerprint density at radius 3 is 2.81 bits per heavy atom. The fraction of sp³-hybridized carbons (Fsp3) is 0.688. The minimum Gasteiger partial charge on any atom is -0.393 e. The smallest absolute Gasteiger partial charge is 0.270 e. The fourth-order valence-electron chi connectivity index (χ4n) is 3.51. The molecule has 0 aromatic carbocycles. The van der Waals surface area contributed by atoms with Gasteiger partial charge in [0.05, 0.1) is 6.10 Å². The van der Waals surface area contributed by atoms with E-state index in [0.29, 0.717) is 12.6 Å². The van der Waals surface area contributed by atoms with Crippen LogP contribution in [-0.4, -0.2) is 52.8 Å². The highest BCUT2D eigenvalue weighted by atomic mass is 16.3. The highest BCUT2D eigenvalue weighted by molar-refractivity contribution is 5.93. The van der Waals surface area contributed by atoms with Crippen LogP contribution in [0.15, 0.2) is 18.3 Å². The van der Waals surface area contributed by atoms with E-state index in [-0.39, 0.29) is 17.9 Å². The van der Waals surface area contributed by atoms with Gasteiger partial charge < -0.3 is 19.9 Å². The second-order valence-corrected chi connectivity index (χ2v) is 6.32. The van der Waals surface area contributed by atoms with E-state index in [0.717, 1.165) is 44.6 Å². The molecule has 2 fully saturated rings. The molecule has 0 radical (unpaired) electrons. The molecule has 21 heavy (non-hydrogen) atoms. The number of aliphatic hydroxyl groups is 1. The summed E-state index contributed by atoms with van der Waals surface area (Å²) in [6.07, 6.45) is 4.75. The molecule has 2 aliphatic heterocycles. The minimum atomic E-state index is -0.334. The maximum atomic E-state index is 12.7. The monoisotopic (exact) mass is 291 g/mol. The van der Waals surface area contributed by atoms with Crippen LogP contribution >= 0.6 is 0 Å². The van der Waals surface area contributed by atoms with Gasteiger partial charge in [0.25, 0.3) is 5.91 Å². The lowest BCUT2D eigenvalue weighted by molar-refractivity contribution is 0.0748. The van der Waals surface area contributed by atoms with Crippen LogP contribution in [0.4, 0.5) is 0 Å². The lowest BCUT2D eigenvalue weighted by Gasteiger charge is -2.27. The van der Waals surface area contributed by atoms with Gasteiger partial charge in [-0.1, -0.05) is 0 Å². The molecule has 0 saturated carbocycles. The Labute approximate surface area is 125 Å². The van der Waals surface area contributed by atoms with E-state index >= 15 is 0 Å². The number of aromatic nitrogens is 1. The van der Waals surface area contributed by atoms with E-state index in [9.17, 15) is 9.90 Å². The fourth-order valence-corrected chi connectivity index (χ4v) is 3.51. The predicted octanol–water partition coefficient (Wildman–Crippen LogP) is 1.26. The van der Waals surface area contributed by atoms with Crippen LogP contribution in [0, 0.1) is 5.92 Å². The van der Waals surface area contributed by atoms with Gasteiger partial charge in [-0.15, -0.1) is 0 Å². The number of nitrogens with zero attached hydrogens (tertiary/aromatic N) is 2. The normalized spacial score (nSPS) is 25.2. The third-order valence-corrected chi connectivity index (χ3v) is 4.89. The van der Waals surface area contributed by atoms with Crippen molar-refractivity contribution in [2.75, 3.05) is 26.2 Å². The van der Waals surface area contributed by atoms with Crippen molar-refractivity contribution in [3.63, 3.8) is 0 Å². The number of rotatable bonds is 3. The van der Waals surface area contributed by atoms with Gasteiger partial charge in [0.15, 0.2) is 0 Å². The number of likely N-dealkylation sites (tertiary alicyclic amines) is 1. The number of aliphatic hydroxyl groups excluding tert-OH is 1. The Morgan fingerprint density at radius 1 is 1.38 bits per heavy atom. The first kappa shape index (κ1) is 14.6. The molecule has 3 rings (SSSR count). The van der Waals surface area contributed by atoms with Gasteiger partial charge in [-0.3, -0.25) is 4.79 Å². The first-order chi connectivity index (χ1) is 10.2. The van der Waals surface area contributed by atoms with Crippen molar-refractivity contribution < 1.29 is 9.90 Å². The molecule has 0 aliphatic carbocycles. The largest absolute Gasteiger partial charge is 0.393 e. The topological polar surface area (TPSA) is 57.5 Å². The first-order valence-corrected chi connectivity index (χ1v) is 8.01. The van der Waals surface area contributed by atoms with Gasteiger partial charge in [0.2, 0.25) is 0 Å². The Kier molecular flexibility index (Phi) is 4.31. The SMILES string of the molecule is CC(O)C1CCN(C(=O)c2cccn2C2CCNCC2)C1. The van der Waals surface area contributed by atoms with Crippen LogP contribution in [-0.2, 0) is 0 Å². The van der Waals surface area contributed by atoms with Crippen LogP contribution in [0.5, 0.6) is 0 Å². The molecule has 3 heterocycles. The molecule has 1 amide bonds. The Hall–Kier alpha value is -1.33. The minimum absolute atomic E-state index is 0.113. The molecule has 5 heteroatoms. The average Bonchev–Trinajstić information content (AvgIpc) is 3.17. The molecule has 2 N–H and O–H groups in total. The van der Waals surface area contributed by atoms with E-state index in [1.54, 1.807) is 0 Å². The summed E-state index contributed by atoms with van der Waals surface area (Å²) in [5.41, 5.74) is 0.799. The van der Waals surface area contributed by atoms with Crippen molar-refractivity contribution in [3.05, 3.63) is 24.0 Å². The second kappa shape index (κ2) is 6.20. The van der Waals surface area contributed by atoms with Crippen LogP contribution in [0.25, 0.3) is 0 Å². The summed E-state index contributed by atoms with van der Waals surface area (Å²) in [6, 6.07) is 4.33. The summed E-state index contributed by atoms with van der Waals surface area (Å²) in [4.78, 5) is 14.6. The van der Waals surface area contributed by atoms with Crippen LogP contribution in [0.2, 0.25) is 0 Å². The van der Waals surface area contributed by atoms with Crippen LogP contribution < -0.4 is 5.32 Å². The molecule has 2 saturated heterocycles. The molecule has 5 nitrogen and oxygen atoms in total. The summed E-state index contributed by atoms with van der Waals surface area (Å²) in [5, 5.41) is 13.1. The molecular formula is C16H25N3O2. The van der Waals surface area contributed by atoms with Crippen molar-refractivity contribution >= 4 is 5.91 Å². The van der Waals surface area contributed by atoms with Crippen molar-refractivity contribution in [1.82, 2.24) is 14.8 Å². The van der Waals surface area contributed by atoms with E-state index in [4.69, 9.17) is 0 Å². The number of hydrogen-bond donors (Lipinski definition) is 2. The number of hydrogen-bond acceptors (Lipinski definition) is 3. The predicted molar refractivity (Wildman–Crippen MR) is 81.3 cm³/mol. The van der Waals surface area contributed by atoms with E-state index in [2.05, 4.69) is 9.88 Å². The first-order valence-electron chi connectivity index (χ1n) is 8.01. The standard InChI is InChI=1S/C16H25N3O2/c1-12(20)13-6-10-18(11-13)16(21)15-3-2-9-19(15)14-4-7-17-8-5-14/h2-3,9,12-14,17,20H,4-8,10-11H2,1H3. The summed E-state index contributed by atoms with van der Waals surface area (Å²) >= 11 is 0. The Bertz CT molecular complexity index is 491. The number of amides is 1. The second-order valence-electron chi connectivity index (χ2n) is 6.32. The molecule has 116 valence electrons. The quantitative estimate of drug-likeness (QED) is 0.881. The Morgan fingerprint density at radius 2 is 2.14 bits per heavy atom. The average molecular weight is 291 g/mol. The Balaban J connectivity index is 1.72. The highest BCUT2D eigenvalue weighted by Crippen LogP contribution is 2.25. The maximum absolute atomic E-state index is 12.7. The van der Waals surface area contributed by atoms with Crippen LogP contribution in [0.3, 0.4) is 0 Å². The molecule has 2 atom stereocenters. The van der Waals surface area contributed by atoms with Gasteiger partial charge in [-0.2, -0.15) is 0 Å². The number of carbonyl (C=O) groups is 1. The summed E-state index contributed by atoms with van der Waals surface area (Å²) < 4.78 is 2.15. The van der Waals surface area contributed by atoms with Gasteiger partial charge in [0, 0.05) is 31.2 Å². The van der Waals surface area contributed by atoms with Crippen molar-refractivity contribution in [2.24, 2.45) is 5.92 Å². The van der Waals surface area contributed by atoms with Gasteiger partial charge in [0.1, 0.15) is 5.69 Å². The van der Waals surface area contributed by atoms with Crippen molar-refractivity contribution in [2.45, 2.75) is 38.3 Å². The van der Waals surface area contributed by atoms with E-state index < -0.39 is 0 Å². The van der Waals surface area contributed by atoms with Gasteiger partial charge >= 0.3 is 0 Å². The summed E-state index contributed by atoms with van der Waals surface area (Å²) in [6.45, 7) is 5.28. The zero-order valence-corrected chi connectivity index (χ0v) is 12.7. The lowest BCUT2D eigenvalue weighted by Crippen LogP contribution is -2.34. The van der Waals surface area contributed by atoms with Gasteiger partial charge in [-0.05, 0) is 51.4 Å². The number of piperidine rings is 1. The maximum Gasteiger partial charge on any atom is 0.270 e. The summed E-state index contributed by atoms with van der Waals surface area (Å²) in [5.74, 6) is 0.331. The van der Waals surface area contributed by atoms with E-state index in [1.807, 2.05) is 30.2 Å². The van der Waals surface area contributed by atoms with Crippen molar-refractivity contribution in [3.8, 4) is 0 Å². The molecule has 0 spiro atoms. The van der Waals surface area contributed by atoms with Crippen LogP contribution in [0.1, 0.15) is 42.7 Å². The molecular weight excluding hydrogens is 266 g/mol. The molecule has 1 aromatic rings. The lowest BCUT2D eigenvalue weighted by atomic mass is 10.0. The van der Waals surface area contributed by atoms with E-state index in [1.165, 1.54) is 0 Å². The molecule has 2 unspecified atom stereocenters. The highest BCUT2D eigenvalue weighted by Gasteiger charge is 2.31. The third-order valence-electron chi connectivity index (χ3n) is 4.89. The zero-order chi connectivity index (χ0) is 14.8. The number of carbonyl (C=O) groups excluding carboxylic acids is 1. The molecule has 1 aromatic heterocycles. The zero-order valence-electron chi connectivity index (χ0n) is 12.7. The third kappa shape index (κ3) is 2.99. The van der Waals surface area contributed by atoms with Gasteiger partial charge in [-0.25, -0.2) is 0 Å². The molecule has 2 aliphatic rings. The van der Waals surface area contributed by atoms with Crippen molar-refractivity contribution in [1.29, 1.82) is 0 Å². The summed E-state index contributed by atoms with van der Waals surface area (Å²) in [7, 11) is 0. The molecule has 0 bridgehead atoms. The number of nitrogens with one attached hydrogen (secondary N) is 1.